The van der Waals surface area contributed by atoms with Crippen molar-refractivity contribution >= 4 is 29.2 Å². The Morgan fingerprint density at radius 2 is 1.65 bits per heavy atom. The van der Waals surface area contributed by atoms with Crippen LogP contribution in [0.15, 0.2) is 72.8 Å². The molecule has 4 rings (SSSR count). The van der Waals surface area contributed by atoms with Crippen molar-refractivity contribution in [1.82, 2.24) is 4.90 Å². The Bertz CT molecular complexity index is 1210. The van der Waals surface area contributed by atoms with Crippen molar-refractivity contribution < 1.29 is 19.2 Å². The second-order valence-corrected chi connectivity index (χ2v) is 7.00. The number of carbonyl (C=O) groups excluding carboxylic acids is 2. The molecule has 0 saturated carbocycles. The van der Waals surface area contributed by atoms with Crippen LogP contribution in [-0.2, 0) is 11.3 Å². The number of nitrogens with zero attached hydrogens (tertiary/aromatic N) is 2. The monoisotopic (exact) mass is 414 g/mol. The first-order valence-corrected chi connectivity index (χ1v) is 9.52. The summed E-state index contributed by atoms with van der Waals surface area (Å²) in [4.78, 5) is 38.2. The zero-order chi connectivity index (χ0) is 22.0. The Morgan fingerprint density at radius 1 is 0.935 bits per heavy atom. The minimum absolute atomic E-state index is 0.0722. The number of benzene rings is 3. The number of methoxy groups -OCH3 is 1. The van der Waals surface area contributed by atoms with Crippen molar-refractivity contribution in [3.05, 3.63) is 105 Å². The van der Waals surface area contributed by atoms with E-state index < -0.39 is 10.8 Å². The van der Waals surface area contributed by atoms with Crippen molar-refractivity contribution in [3.8, 4) is 5.75 Å². The number of rotatable bonds is 5. The van der Waals surface area contributed by atoms with E-state index in [1.165, 1.54) is 17.0 Å². The van der Waals surface area contributed by atoms with Crippen LogP contribution in [0.1, 0.15) is 27.0 Å². The molecule has 7 heteroatoms. The minimum atomic E-state index is -0.488. The van der Waals surface area contributed by atoms with Crippen LogP contribution in [0.2, 0.25) is 0 Å². The molecule has 7 nitrogen and oxygen atoms in total. The zero-order valence-electron chi connectivity index (χ0n) is 16.6. The maximum absolute atomic E-state index is 13.3. The summed E-state index contributed by atoms with van der Waals surface area (Å²) >= 11 is 0. The summed E-state index contributed by atoms with van der Waals surface area (Å²) in [7, 11) is 1.56. The average Bonchev–Trinajstić information content (AvgIpc) is 2.80. The molecule has 0 saturated heterocycles. The lowest BCUT2D eigenvalue weighted by molar-refractivity contribution is -0.384. The normalized spacial score (nSPS) is 14.5. The first-order chi connectivity index (χ1) is 15.0. The van der Waals surface area contributed by atoms with E-state index in [0.717, 1.165) is 5.56 Å². The molecule has 2 amide bonds. The van der Waals surface area contributed by atoms with E-state index in [-0.39, 0.29) is 18.1 Å². The lowest BCUT2D eigenvalue weighted by Gasteiger charge is -2.28. The molecule has 3 aromatic carbocycles. The lowest BCUT2D eigenvalue weighted by atomic mass is 9.91. The largest absolute Gasteiger partial charge is 0.497 e. The Hall–Kier alpha value is -4.26. The lowest BCUT2D eigenvalue weighted by Crippen LogP contribution is -2.41. The molecule has 1 heterocycles. The third-order valence-electron chi connectivity index (χ3n) is 5.06. The number of non-ortho nitro benzene ring substituents is 1. The van der Waals surface area contributed by atoms with Gasteiger partial charge in [0.2, 0.25) is 0 Å². The molecule has 0 aliphatic carbocycles. The molecule has 3 aromatic rings. The molecule has 0 atom stereocenters. The first kappa shape index (κ1) is 20.0. The highest BCUT2D eigenvalue weighted by molar-refractivity contribution is 6.33. The Morgan fingerprint density at radius 3 is 2.32 bits per heavy atom. The fourth-order valence-corrected chi connectivity index (χ4v) is 3.49. The van der Waals surface area contributed by atoms with Crippen LogP contribution in [0.5, 0.6) is 5.75 Å². The topological polar surface area (TPSA) is 89.8 Å². The van der Waals surface area contributed by atoms with Gasteiger partial charge in [0.15, 0.2) is 0 Å². The molecule has 31 heavy (non-hydrogen) atoms. The number of fused-ring (bicyclic) bond motifs is 1. The number of hydrogen-bond donors (Lipinski definition) is 0. The van der Waals surface area contributed by atoms with E-state index in [4.69, 9.17) is 4.74 Å². The molecule has 0 spiro atoms. The fourth-order valence-electron chi connectivity index (χ4n) is 3.49. The van der Waals surface area contributed by atoms with Gasteiger partial charge in [0, 0.05) is 23.3 Å². The zero-order valence-corrected chi connectivity index (χ0v) is 16.6. The van der Waals surface area contributed by atoms with Gasteiger partial charge in [0.1, 0.15) is 5.75 Å². The van der Waals surface area contributed by atoms with Crippen LogP contribution in [0.25, 0.3) is 11.6 Å². The summed E-state index contributed by atoms with van der Waals surface area (Å²) in [5.74, 6) is -0.157. The number of carbonyl (C=O) groups is 2. The summed E-state index contributed by atoms with van der Waals surface area (Å²) in [5.41, 5.74) is 2.44. The Labute approximate surface area is 178 Å². The van der Waals surface area contributed by atoms with E-state index in [0.29, 0.717) is 28.0 Å². The van der Waals surface area contributed by atoms with Crippen molar-refractivity contribution in [2.24, 2.45) is 0 Å². The summed E-state index contributed by atoms with van der Waals surface area (Å²) in [6, 6.07) is 20.0. The van der Waals surface area contributed by atoms with Gasteiger partial charge < -0.3 is 4.74 Å². The number of nitro groups is 1. The van der Waals surface area contributed by atoms with E-state index in [9.17, 15) is 19.7 Å². The van der Waals surface area contributed by atoms with E-state index in [2.05, 4.69) is 0 Å². The highest BCUT2D eigenvalue weighted by atomic mass is 16.6. The highest BCUT2D eigenvalue weighted by Crippen LogP contribution is 2.32. The van der Waals surface area contributed by atoms with Crippen LogP contribution in [0.3, 0.4) is 0 Å². The van der Waals surface area contributed by atoms with Crippen LogP contribution in [0.4, 0.5) is 5.69 Å². The molecule has 1 aliphatic rings. The number of nitro benzene ring substituents is 1. The van der Waals surface area contributed by atoms with Crippen LogP contribution < -0.4 is 4.74 Å². The summed E-state index contributed by atoms with van der Waals surface area (Å²) < 4.78 is 5.15. The predicted molar refractivity (Wildman–Crippen MR) is 115 cm³/mol. The quantitative estimate of drug-likeness (QED) is 0.268. The first-order valence-electron chi connectivity index (χ1n) is 9.52. The molecule has 0 aromatic heterocycles. The van der Waals surface area contributed by atoms with Gasteiger partial charge in [-0.05, 0) is 41.0 Å². The third-order valence-corrected chi connectivity index (χ3v) is 5.06. The van der Waals surface area contributed by atoms with Gasteiger partial charge in [0.05, 0.1) is 18.6 Å². The summed E-state index contributed by atoms with van der Waals surface area (Å²) in [6.45, 7) is 0.0995. The minimum Gasteiger partial charge on any atom is -0.497 e. The Balaban J connectivity index is 1.76. The van der Waals surface area contributed by atoms with Crippen LogP contribution in [0, 0.1) is 10.1 Å². The van der Waals surface area contributed by atoms with Crippen molar-refractivity contribution in [3.63, 3.8) is 0 Å². The van der Waals surface area contributed by atoms with E-state index >= 15 is 0 Å². The standard InChI is InChI=1S/C24H18N2O5/c1-31-19-11-9-16(10-12-19)15-25-23(27)21-8-3-2-7-20(21)22(24(25)28)14-17-5-4-6-18(13-17)26(29)30/h2-14H,15H2,1H3/b22-14-. The highest BCUT2D eigenvalue weighted by Gasteiger charge is 2.34. The van der Waals surface area contributed by atoms with Gasteiger partial charge in [0.25, 0.3) is 17.5 Å². The van der Waals surface area contributed by atoms with Gasteiger partial charge in [-0.3, -0.25) is 24.6 Å². The van der Waals surface area contributed by atoms with Gasteiger partial charge in [-0.25, -0.2) is 0 Å². The maximum atomic E-state index is 13.3. The van der Waals surface area contributed by atoms with Crippen LogP contribution in [-0.4, -0.2) is 28.7 Å². The molecule has 0 fully saturated rings. The predicted octanol–water partition coefficient (Wildman–Crippen LogP) is 4.33. The van der Waals surface area contributed by atoms with Crippen LogP contribution >= 0.6 is 0 Å². The van der Waals surface area contributed by atoms with Crippen molar-refractivity contribution in [2.75, 3.05) is 7.11 Å². The smallest absolute Gasteiger partial charge is 0.270 e. The van der Waals surface area contributed by atoms with Crippen molar-refractivity contribution in [2.45, 2.75) is 6.54 Å². The van der Waals surface area contributed by atoms with Gasteiger partial charge in [-0.2, -0.15) is 0 Å². The van der Waals surface area contributed by atoms with E-state index in [1.807, 2.05) is 0 Å². The SMILES string of the molecule is COc1ccc(CN2C(=O)/C(=C\c3cccc([N+](=O)[O-])c3)c3ccccc3C2=O)cc1. The van der Waals surface area contributed by atoms with Gasteiger partial charge in [-0.1, -0.05) is 42.5 Å². The second-order valence-electron chi connectivity index (χ2n) is 7.00. The van der Waals surface area contributed by atoms with Gasteiger partial charge >= 0.3 is 0 Å². The number of hydrogen-bond acceptors (Lipinski definition) is 5. The average molecular weight is 414 g/mol. The second kappa shape index (κ2) is 8.23. The van der Waals surface area contributed by atoms with E-state index in [1.54, 1.807) is 73.8 Å². The Kier molecular flexibility index (Phi) is 5.32. The summed E-state index contributed by atoms with van der Waals surface area (Å²) in [5, 5.41) is 11.1. The number of imide groups is 1. The molecule has 1 aliphatic heterocycles. The third kappa shape index (κ3) is 3.93. The van der Waals surface area contributed by atoms with Crippen molar-refractivity contribution in [1.29, 1.82) is 0 Å². The number of ether oxygens (including phenoxy) is 1. The molecule has 154 valence electrons. The molecular weight excluding hydrogens is 396 g/mol. The number of amides is 2. The fraction of sp³-hybridized carbons (Fsp3) is 0.0833. The molecule has 0 N–H and O–H groups in total. The molecule has 0 bridgehead atoms. The summed E-state index contributed by atoms with van der Waals surface area (Å²) in [6.07, 6.45) is 1.58. The molecule has 0 radical (unpaired) electrons. The maximum Gasteiger partial charge on any atom is 0.270 e. The van der Waals surface area contributed by atoms with Gasteiger partial charge in [-0.15, -0.1) is 0 Å². The molecular formula is C24H18N2O5. The molecule has 0 unspecified atom stereocenters.